The topological polar surface area (TPSA) is 30.7 Å². The molecule has 0 N–H and O–H groups in total. The van der Waals surface area contributed by atoms with Crippen molar-refractivity contribution in [3.05, 3.63) is 80.8 Å². The molecule has 2 heterocycles. The van der Waals surface area contributed by atoms with Crippen molar-refractivity contribution in [1.29, 1.82) is 0 Å². The number of benzene rings is 2. The number of aromatic nitrogens is 3. The highest BCUT2D eigenvalue weighted by Gasteiger charge is 2.14. The molecule has 0 bridgehead atoms. The lowest BCUT2D eigenvalue weighted by molar-refractivity contribution is 0.745. The van der Waals surface area contributed by atoms with Gasteiger partial charge in [-0.05, 0) is 70.8 Å². The van der Waals surface area contributed by atoms with E-state index < -0.39 is 0 Å². The van der Waals surface area contributed by atoms with Crippen LogP contribution in [0.25, 0.3) is 22.3 Å². The van der Waals surface area contributed by atoms with E-state index in [2.05, 4.69) is 95.6 Å². The van der Waals surface area contributed by atoms with Gasteiger partial charge in [-0.1, -0.05) is 49.4 Å². The number of aryl methyl sites for hydroxylation is 3. The van der Waals surface area contributed by atoms with Gasteiger partial charge in [0, 0.05) is 15.7 Å². The van der Waals surface area contributed by atoms with Crippen molar-refractivity contribution in [2.24, 2.45) is 0 Å². The quantitative estimate of drug-likeness (QED) is 0.349. The minimum absolute atomic E-state index is 0.792. The van der Waals surface area contributed by atoms with Gasteiger partial charge in [-0.2, -0.15) is 0 Å². The average Bonchev–Trinajstić information content (AvgIpc) is 3.00. The summed E-state index contributed by atoms with van der Waals surface area (Å²) in [4.78, 5) is 9.64. The van der Waals surface area contributed by atoms with Crippen molar-refractivity contribution in [3.8, 4) is 11.1 Å². The van der Waals surface area contributed by atoms with Crippen molar-refractivity contribution in [1.82, 2.24) is 14.5 Å². The summed E-state index contributed by atoms with van der Waals surface area (Å²) in [6, 6.07) is 19.4. The van der Waals surface area contributed by atoms with Crippen LogP contribution in [0.2, 0.25) is 0 Å². The molecule has 0 unspecified atom stereocenters. The highest BCUT2D eigenvalue weighted by atomic mass is 127. The molecule has 0 radical (unpaired) electrons. The predicted molar refractivity (Wildman–Crippen MR) is 120 cm³/mol. The average molecular weight is 467 g/mol. The molecular formula is C23H22IN3. The molecule has 4 aromatic rings. The van der Waals surface area contributed by atoms with Crippen molar-refractivity contribution in [3.63, 3.8) is 0 Å². The molecule has 0 spiro atoms. The number of nitrogens with zero attached hydrogens (tertiary/aromatic N) is 3. The Labute approximate surface area is 173 Å². The molecule has 0 saturated heterocycles. The number of hydrogen-bond donors (Lipinski definition) is 0. The minimum Gasteiger partial charge on any atom is -0.308 e. The number of hydrogen-bond acceptors (Lipinski definition) is 2. The van der Waals surface area contributed by atoms with Crippen molar-refractivity contribution in [2.75, 3.05) is 0 Å². The SMILES string of the molecule is CCc1nc2c(C)cc(C)nc2n1Cc1ccc(-c2ccccc2)c(I)c1. The van der Waals surface area contributed by atoms with Gasteiger partial charge in [0.05, 0.1) is 6.54 Å². The zero-order valence-corrected chi connectivity index (χ0v) is 18.0. The van der Waals surface area contributed by atoms with E-state index in [4.69, 9.17) is 9.97 Å². The van der Waals surface area contributed by atoms with Gasteiger partial charge in [0.25, 0.3) is 0 Å². The van der Waals surface area contributed by atoms with Gasteiger partial charge >= 0.3 is 0 Å². The van der Waals surface area contributed by atoms with Crippen LogP contribution in [0.15, 0.2) is 54.6 Å². The van der Waals surface area contributed by atoms with Crippen LogP contribution < -0.4 is 0 Å². The molecule has 0 aliphatic heterocycles. The third kappa shape index (κ3) is 3.50. The molecule has 4 rings (SSSR count). The van der Waals surface area contributed by atoms with Crippen molar-refractivity contribution >= 4 is 33.8 Å². The Hall–Kier alpha value is -2.21. The lowest BCUT2D eigenvalue weighted by Crippen LogP contribution is -2.06. The summed E-state index contributed by atoms with van der Waals surface area (Å²) >= 11 is 2.44. The normalized spacial score (nSPS) is 11.3. The first-order valence-corrected chi connectivity index (χ1v) is 10.3. The highest BCUT2D eigenvalue weighted by molar-refractivity contribution is 14.1. The number of pyridine rings is 1. The number of fused-ring (bicyclic) bond motifs is 1. The van der Waals surface area contributed by atoms with E-state index in [1.54, 1.807) is 0 Å². The maximum Gasteiger partial charge on any atom is 0.160 e. The number of imidazole rings is 1. The van der Waals surface area contributed by atoms with Gasteiger partial charge in [0.2, 0.25) is 0 Å². The molecule has 136 valence electrons. The van der Waals surface area contributed by atoms with Gasteiger partial charge in [0.1, 0.15) is 11.3 Å². The Bertz CT molecular complexity index is 1110. The molecule has 0 aliphatic rings. The Morgan fingerprint density at radius 1 is 0.963 bits per heavy atom. The van der Waals surface area contributed by atoms with Crippen LogP contribution in [0.4, 0.5) is 0 Å². The van der Waals surface area contributed by atoms with Crippen LogP contribution in [0.5, 0.6) is 0 Å². The molecule has 0 saturated carbocycles. The van der Waals surface area contributed by atoms with Gasteiger partial charge in [0.15, 0.2) is 5.65 Å². The molecule has 4 heteroatoms. The van der Waals surface area contributed by atoms with E-state index >= 15 is 0 Å². The Balaban J connectivity index is 1.75. The largest absolute Gasteiger partial charge is 0.308 e. The molecule has 0 aliphatic carbocycles. The fourth-order valence-corrected chi connectivity index (χ4v) is 4.47. The summed E-state index contributed by atoms with van der Waals surface area (Å²) in [5.74, 6) is 1.09. The standard InChI is InChI=1S/C23H22IN3/c1-4-21-26-22-15(2)12-16(3)25-23(22)27(21)14-17-10-11-19(20(24)13-17)18-8-6-5-7-9-18/h5-13H,4,14H2,1-3H3. The molecule has 0 fully saturated rings. The summed E-state index contributed by atoms with van der Waals surface area (Å²) in [5.41, 5.74) is 8.05. The summed E-state index contributed by atoms with van der Waals surface area (Å²) in [6.07, 6.45) is 0.897. The fraction of sp³-hybridized carbons (Fsp3) is 0.217. The van der Waals surface area contributed by atoms with E-state index in [0.717, 1.165) is 35.6 Å². The summed E-state index contributed by atoms with van der Waals surface area (Å²) < 4.78 is 3.53. The van der Waals surface area contributed by atoms with E-state index in [1.807, 2.05) is 6.92 Å². The molecule has 0 atom stereocenters. The second-order valence-electron chi connectivity index (χ2n) is 6.90. The Morgan fingerprint density at radius 2 is 1.74 bits per heavy atom. The molecule has 2 aromatic heterocycles. The van der Waals surface area contributed by atoms with E-state index in [-0.39, 0.29) is 0 Å². The zero-order chi connectivity index (χ0) is 19.0. The van der Waals surface area contributed by atoms with Gasteiger partial charge in [-0.15, -0.1) is 0 Å². The lowest BCUT2D eigenvalue weighted by atomic mass is 10.0. The maximum absolute atomic E-state index is 4.85. The van der Waals surface area contributed by atoms with E-state index in [0.29, 0.717) is 0 Å². The summed E-state index contributed by atoms with van der Waals surface area (Å²) in [7, 11) is 0. The fourth-order valence-electron chi connectivity index (χ4n) is 3.58. The summed E-state index contributed by atoms with van der Waals surface area (Å²) in [5, 5.41) is 0. The van der Waals surface area contributed by atoms with Crippen molar-refractivity contribution in [2.45, 2.75) is 33.7 Å². The molecule has 2 aromatic carbocycles. The van der Waals surface area contributed by atoms with Crippen LogP contribution in [0, 0.1) is 17.4 Å². The van der Waals surface area contributed by atoms with Crippen LogP contribution >= 0.6 is 22.6 Å². The molecule has 27 heavy (non-hydrogen) atoms. The third-order valence-electron chi connectivity index (χ3n) is 4.88. The minimum atomic E-state index is 0.792. The second kappa shape index (κ2) is 7.43. The predicted octanol–water partition coefficient (Wildman–Crippen LogP) is 5.93. The monoisotopic (exact) mass is 467 g/mol. The zero-order valence-electron chi connectivity index (χ0n) is 15.8. The number of halogens is 1. The second-order valence-corrected chi connectivity index (χ2v) is 8.06. The van der Waals surface area contributed by atoms with Crippen LogP contribution in [-0.2, 0) is 13.0 Å². The maximum atomic E-state index is 4.85. The third-order valence-corrected chi connectivity index (χ3v) is 5.77. The molecule has 3 nitrogen and oxygen atoms in total. The first-order valence-electron chi connectivity index (χ1n) is 9.24. The highest BCUT2D eigenvalue weighted by Crippen LogP contribution is 2.27. The summed E-state index contributed by atoms with van der Waals surface area (Å²) in [6.45, 7) is 7.11. The first kappa shape index (κ1) is 18.2. The van der Waals surface area contributed by atoms with Crippen LogP contribution in [0.3, 0.4) is 0 Å². The smallest absolute Gasteiger partial charge is 0.160 e. The lowest BCUT2D eigenvalue weighted by Gasteiger charge is -2.11. The van der Waals surface area contributed by atoms with Crippen LogP contribution in [-0.4, -0.2) is 14.5 Å². The van der Waals surface area contributed by atoms with Gasteiger partial charge in [-0.25, -0.2) is 9.97 Å². The number of rotatable bonds is 4. The Morgan fingerprint density at radius 3 is 2.44 bits per heavy atom. The molecular weight excluding hydrogens is 445 g/mol. The molecule has 0 amide bonds. The van der Waals surface area contributed by atoms with Gasteiger partial charge < -0.3 is 4.57 Å². The van der Waals surface area contributed by atoms with Crippen LogP contribution in [0.1, 0.15) is 29.6 Å². The van der Waals surface area contributed by atoms with Gasteiger partial charge in [-0.3, -0.25) is 0 Å². The van der Waals surface area contributed by atoms with Crippen molar-refractivity contribution < 1.29 is 0 Å². The first-order chi connectivity index (χ1) is 13.1. The van der Waals surface area contributed by atoms with E-state index in [9.17, 15) is 0 Å². The van der Waals surface area contributed by atoms with E-state index in [1.165, 1.54) is 25.8 Å². The Kier molecular flexibility index (Phi) is 5.00.